The fraction of sp³-hybridized carbons (Fsp3) is 0.818. The third kappa shape index (κ3) is 2.98. The Morgan fingerprint density at radius 3 is 2.62 bits per heavy atom. The van der Waals surface area contributed by atoms with Crippen LogP contribution >= 0.6 is 0 Å². The Morgan fingerprint density at radius 2 is 2.12 bits per heavy atom. The van der Waals surface area contributed by atoms with E-state index in [4.69, 9.17) is 10.3 Å². The molecule has 1 rings (SSSR count). The number of hydrogen-bond acceptors (Lipinski definition) is 3. The van der Waals surface area contributed by atoms with Crippen LogP contribution < -0.4 is 0 Å². The summed E-state index contributed by atoms with van der Waals surface area (Å²) in [6.07, 6.45) is 2.05. The Labute approximate surface area is 96.7 Å². The molecule has 1 aliphatic heterocycles. The van der Waals surface area contributed by atoms with Crippen molar-refractivity contribution >= 4 is 0 Å². The van der Waals surface area contributed by atoms with E-state index in [1.54, 1.807) is 0 Å². The number of morpholine rings is 1. The molecule has 5 heteroatoms. The molecule has 1 aliphatic rings. The summed E-state index contributed by atoms with van der Waals surface area (Å²) in [6.45, 7) is 10.2. The summed E-state index contributed by atoms with van der Waals surface area (Å²) in [4.78, 5) is 5.20. The number of nitrogens with zero attached hydrogens (tertiary/aromatic N) is 4. The molecular weight excluding hydrogens is 204 g/mol. The summed E-state index contributed by atoms with van der Waals surface area (Å²) in [5.74, 6) is 0. The largest absolute Gasteiger partial charge is 0.379 e. The lowest BCUT2D eigenvalue weighted by atomic mass is 9.91. The standard InChI is InChI=1S/C11H20N4O/c1-4-10(9-13-14-12)11(2,3)15-5-7-16-8-6-15/h4H,5-9H2,1-3H3. The number of azide groups is 1. The summed E-state index contributed by atoms with van der Waals surface area (Å²) in [5, 5.41) is 3.66. The van der Waals surface area contributed by atoms with Crippen LogP contribution in [0.5, 0.6) is 0 Å². The molecule has 0 atom stereocenters. The van der Waals surface area contributed by atoms with Crippen molar-refractivity contribution in [2.75, 3.05) is 32.8 Å². The number of ether oxygens (including phenoxy) is 1. The second kappa shape index (κ2) is 5.89. The molecular formula is C11H20N4O. The summed E-state index contributed by atoms with van der Waals surface area (Å²) in [7, 11) is 0. The minimum absolute atomic E-state index is 0.0628. The molecule has 1 fully saturated rings. The first-order valence-electron chi connectivity index (χ1n) is 5.62. The van der Waals surface area contributed by atoms with Gasteiger partial charge in [0.2, 0.25) is 0 Å². The number of hydrogen-bond donors (Lipinski definition) is 0. The van der Waals surface area contributed by atoms with E-state index in [2.05, 4.69) is 28.8 Å². The zero-order chi connectivity index (χ0) is 12.0. The van der Waals surface area contributed by atoms with E-state index in [0.717, 1.165) is 31.9 Å². The zero-order valence-corrected chi connectivity index (χ0v) is 10.3. The first-order valence-corrected chi connectivity index (χ1v) is 5.62. The summed E-state index contributed by atoms with van der Waals surface area (Å²) in [5.41, 5.74) is 9.48. The Bertz CT molecular complexity index is 299. The Balaban J connectivity index is 2.75. The predicted octanol–water partition coefficient (Wildman–Crippen LogP) is 2.35. The van der Waals surface area contributed by atoms with Crippen LogP contribution in [0.4, 0.5) is 0 Å². The molecule has 0 aromatic rings. The predicted molar refractivity (Wildman–Crippen MR) is 64.2 cm³/mol. The molecule has 0 N–H and O–H groups in total. The van der Waals surface area contributed by atoms with E-state index in [-0.39, 0.29) is 5.54 Å². The molecule has 0 aromatic carbocycles. The fourth-order valence-electron chi connectivity index (χ4n) is 2.07. The Hall–Kier alpha value is -1.03. The second-order valence-corrected chi connectivity index (χ2v) is 4.36. The van der Waals surface area contributed by atoms with Gasteiger partial charge in [0.1, 0.15) is 0 Å². The third-order valence-electron chi connectivity index (χ3n) is 3.24. The molecule has 0 bridgehead atoms. The minimum Gasteiger partial charge on any atom is -0.379 e. The topological polar surface area (TPSA) is 61.2 Å². The maximum atomic E-state index is 8.38. The zero-order valence-electron chi connectivity index (χ0n) is 10.3. The van der Waals surface area contributed by atoms with Crippen molar-refractivity contribution in [3.05, 3.63) is 22.1 Å². The van der Waals surface area contributed by atoms with Crippen LogP contribution in [-0.4, -0.2) is 43.3 Å². The average molecular weight is 224 g/mol. The van der Waals surface area contributed by atoms with E-state index in [1.807, 2.05) is 13.0 Å². The molecule has 90 valence electrons. The van der Waals surface area contributed by atoms with Gasteiger partial charge in [0.15, 0.2) is 0 Å². The first-order chi connectivity index (χ1) is 7.62. The molecule has 1 saturated heterocycles. The molecule has 0 spiro atoms. The molecule has 0 aromatic heterocycles. The average Bonchev–Trinajstić information content (AvgIpc) is 2.31. The van der Waals surface area contributed by atoms with Gasteiger partial charge in [-0.05, 0) is 31.9 Å². The van der Waals surface area contributed by atoms with E-state index in [0.29, 0.717) is 6.54 Å². The van der Waals surface area contributed by atoms with Gasteiger partial charge in [-0.3, -0.25) is 4.90 Å². The van der Waals surface area contributed by atoms with Gasteiger partial charge in [-0.1, -0.05) is 11.2 Å². The molecule has 0 unspecified atom stereocenters. The van der Waals surface area contributed by atoms with E-state index in [9.17, 15) is 0 Å². The lowest BCUT2D eigenvalue weighted by Gasteiger charge is -2.42. The maximum Gasteiger partial charge on any atom is 0.0594 e. The van der Waals surface area contributed by atoms with Gasteiger partial charge in [-0.15, -0.1) is 0 Å². The molecule has 0 saturated carbocycles. The molecule has 0 aliphatic carbocycles. The van der Waals surface area contributed by atoms with Crippen molar-refractivity contribution in [2.24, 2.45) is 5.11 Å². The maximum absolute atomic E-state index is 8.38. The highest BCUT2D eigenvalue weighted by molar-refractivity contribution is 5.19. The van der Waals surface area contributed by atoms with Gasteiger partial charge in [-0.25, -0.2) is 0 Å². The van der Waals surface area contributed by atoms with Gasteiger partial charge in [-0.2, -0.15) is 0 Å². The van der Waals surface area contributed by atoms with Crippen molar-refractivity contribution in [1.29, 1.82) is 0 Å². The smallest absolute Gasteiger partial charge is 0.0594 e. The van der Waals surface area contributed by atoms with Crippen LogP contribution in [0.1, 0.15) is 20.8 Å². The SMILES string of the molecule is CC=C(CN=[N+]=[N-])C(C)(C)N1CCOCC1. The third-order valence-corrected chi connectivity index (χ3v) is 3.24. The van der Waals surface area contributed by atoms with Crippen LogP contribution in [0, 0.1) is 0 Å². The highest BCUT2D eigenvalue weighted by Crippen LogP contribution is 2.25. The first kappa shape index (κ1) is 13.0. The quantitative estimate of drug-likeness (QED) is 0.318. The molecule has 16 heavy (non-hydrogen) atoms. The van der Waals surface area contributed by atoms with Crippen molar-refractivity contribution in [1.82, 2.24) is 4.90 Å². The van der Waals surface area contributed by atoms with Crippen molar-refractivity contribution < 1.29 is 4.74 Å². The number of allylic oxidation sites excluding steroid dienone is 1. The number of rotatable bonds is 4. The summed E-state index contributed by atoms with van der Waals surface area (Å²) >= 11 is 0. The van der Waals surface area contributed by atoms with Gasteiger partial charge in [0.25, 0.3) is 0 Å². The fourth-order valence-corrected chi connectivity index (χ4v) is 2.07. The van der Waals surface area contributed by atoms with Gasteiger partial charge in [0.05, 0.1) is 13.2 Å². The van der Waals surface area contributed by atoms with Crippen molar-refractivity contribution in [3.8, 4) is 0 Å². The van der Waals surface area contributed by atoms with Gasteiger partial charge >= 0.3 is 0 Å². The summed E-state index contributed by atoms with van der Waals surface area (Å²) < 4.78 is 5.35. The second-order valence-electron chi connectivity index (χ2n) is 4.36. The lowest BCUT2D eigenvalue weighted by Crippen LogP contribution is -2.51. The van der Waals surface area contributed by atoms with E-state index in [1.165, 1.54) is 0 Å². The van der Waals surface area contributed by atoms with Crippen molar-refractivity contribution in [2.45, 2.75) is 26.3 Å². The molecule has 1 heterocycles. The highest BCUT2D eigenvalue weighted by atomic mass is 16.5. The van der Waals surface area contributed by atoms with Gasteiger partial charge < -0.3 is 4.74 Å². The Morgan fingerprint density at radius 1 is 1.50 bits per heavy atom. The molecule has 0 radical (unpaired) electrons. The molecule has 5 nitrogen and oxygen atoms in total. The normalized spacial score (nSPS) is 19.3. The van der Waals surface area contributed by atoms with E-state index < -0.39 is 0 Å². The van der Waals surface area contributed by atoms with Crippen LogP contribution in [0.3, 0.4) is 0 Å². The highest BCUT2D eigenvalue weighted by Gasteiger charge is 2.30. The Kier molecular flexibility index (Phi) is 4.80. The summed E-state index contributed by atoms with van der Waals surface area (Å²) in [6, 6.07) is 0. The van der Waals surface area contributed by atoms with Crippen LogP contribution in [0.15, 0.2) is 16.8 Å². The van der Waals surface area contributed by atoms with E-state index >= 15 is 0 Å². The van der Waals surface area contributed by atoms with Crippen molar-refractivity contribution in [3.63, 3.8) is 0 Å². The lowest BCUT2D eigenvalue weighted by molar-refractivity contribution is 0.00113. The van der Waals surface area contributed by atoms with Crippen LogP contribution in [-0.2, 0) is 4.74 Å². The van der Waals surface area contributed by atoms with Gasteiger partial charge in [0, 0.05) is 30.1 Å². The van der Waals surface area contributed by atoms with Crippen LogP contribution in [0.2, 0.25) is 0 Å². The minimum atomic E-state index is -0.0628. The monoisotopic (exact) mass is 224 g/mol. The van der Waals surface area contributed by atoms with Crippen LogP contribution in [0.25, 0.3) is 10.4 Å². The molecule has 0 amide bonds.